The Balaban J connectivity index is 2.46. The SMILES string of the molecule is CCCCOCC(=O)N(CCc1ccccc1)CC(=O)O. The van der Waals surface area contributed by atoms with Crippen molar-refractivity contribution < 1.29 is 19.4 Å². The van der Waals surface area contributed by atoms with E-state index in [0.717, 1.165) is 18.4 Å². The number of carbonyl (C=O) groups is 2. The minimum Gasteiger partial charge on any atom is -0.480 e. The zero-order valence-electron chi connectivity index (χ0n) is 12.5. The molecule has 21 heavy (non-hydrogen) atoms. The largest absolute Gasteiger partial charge is 0.480 e. The van der Waals surface area contributed by atoms with Crippen LogP contribution in [-0.2, 0) is 20.7 Å². The molecule has 0 heterocycles. The lowest BCUT2D eigenvalue weighted by atomic mass is 10.1. The van der Waals surface area contributed by atoms with Crippen molar-refractivity contribution in [2.75, 3.05) is 26.3 Å². The van der Waals surface area contributed by atoms with Crippen LogP contribution >= 0.6 is 0 Å². The molecule has 1 amide bonds. The molecule has 0 aliphatic carbocycles. The molecule has 0 radical (unpaired) electrons. The van der Waals surface area contributed by atoms with Gasteiger partial charge in [-0.15, -0.1) is 0 Å². The smallest absolute Gasteiger partial charge is 0.323 e. The first-order chi connectivity index (χ1) is 10.1. The average molecular weight is 293 g/mol. The Kier molecular flexibility index (Phi) is 8.12. The first-order valence-electron chi connectivity index (χ1n) is 7.24. The number of ether oxygens (including phenoxy) is 1. The van der Waals surface area contributed by atoms with Crippen molar-refractivity contribution >= 4 is 11.9 Å². The Bertz CT molecular complexity index is 433. The van der Waals surface area contributed by atoms with E-state index >= 15 is 0 Å². The monoisotopic (exact) mass is 293 g/mol. The maximum absolute atomic E-state index is 12.0. The van der Waals surface area contributed by atoms with Gasteiger partial charge in [0.25, 0.3) is 0 Å². The number of aliphatic carboxylic acids is 1. The Labute approximate surface area is 125 Å². The predicted octanol–water partition coefficient (Wildman–Crippen LogP) is 1.96. The van der Waals surface area contributed by atoms with Crippen molar-refractivity contribution in [3.8, 4) is 0 Å². The molecule has 0 unspecified atom stereocenters. The highest BCUT2D eigenvalue weighted by Gasteiger charge is 2.16. The Morgan fingerprint density at radius 3 is 2.57 bits per heavy atom. The second kappa shape index (κ2) is 9.94. The summed E-state index contributed by atoms with van der Waals surface area (Å²) in [7, 11) is 0. The fourth-order valence-corrected chi connectivity index (χ4v) is 1.86. The molecule has 0 saturated carbocycles. The Morgan fingerprint density at radius 1 is 1.24 bits per heavy atom. The molecule has 1 aromatic rings. The summed E-state index contributed by atoms with van der Waals surface area (Å²) in [5.74, 6) is -1.28. The summed E-state index contributed by atoms with van der Waals surface area (Å²) in [5.41, 5.74) is 1.08. The van der Waals surface area contributed by atoms with Gasteiger partial charge in [0.1, 0.15) is 13.2 Å². The van der Waals surface area contributed by atoms with Gasteiger partial charge in [-0.05, 0) is 18.4 Å². The molecule has 0 aromatic heterocycles. The average Bonchev–Trinajstić information content (AvgIpc) is 2.48. The van der Waals surface area contributed by atoms with Crippen LogP contribution < -0.4 is 0 Å². The van der Waals surface area contributed by atoms with Crippen LogP contribution in [-0.4, -0.2) is 48.2 Å². The van der Waals surface area contributed by atoms with Gasteiger partial charge in [0.2, 0.25) is 5.91 Å². The second-order valence-electron chi connectivity index (χ2n) is 4.85. The van der Waals surface area contributed by atoms with E-state index in [1.807, 2.05) is 37.3 Å². The molecule has 1 aromatic carbocycles. The number of hydrogen-bond donors (Lipinski definition) is 1. The summed E-state index contributed by atoms with van der Waals surface area (Å²) < 4.78 is 5.27. The van der Waals surface area contributed by atoms with Crippen molar-refractivity contribution in [3.05, 3.63) is 35.9 Å². The summed E-state index contributed by atoms with van der Waals surface area (Å²) in [5, 5.41) is 8.90. The van der Waals surface area contributed by atoms with E-state index in [4.69, 9.17) is 9.84 Å². The summed E-state index contributed by atoms with van der Waals surface area (Å²) in [6, 6.07) is 9.69. The summed E-state index contributed by atoms with van der Waals surface area (Å²) in [4.78, 5) is 24.2. The van der Waals surface area contributed by atoms with Crippen LogP contribution in [0, 0.1) is 0 Å². The van der Waals surface area contributed by atoms with Crippen molar-refractivity contribution in [1.29, 1.82) is 0 Å². The quantitative estimate of drug-likeness (QED) is 0.670. The molecule has 5 nitrogen and oxygen atoms in total. The normalized spacial score (nSPS) is 10.3. The Morgan fingerprint density at radius 2 is 1.95 bits per heavy atom. The summed E-state index contributed by atoms with van der Waals surface area (Å²) in [6.07, 6.45) is 2.53. The summed E-state index contributed by atoms with van der Waals surface area (Å²) in [6.45, 7) is 2.61. The van der Waals surface area contributed by atoms with Crippen LogP contribution in [0.3, 0.4) is 0 Å². The minimum atomic E-state index is -1.01. The summed E-state index contributed by atoms with van der Waals surface area (Å²) >= 11 is 0. The van der Waals surface area contributed by atoms with Gasteiger partial charge < -0.3 is 14.7 Å². The molecule has 0 saturated heterocycles. The molecule has 0 bridgehead atoms. The van der Waals surface area contributed by atoms with Gasteiger partial charge in [-0.2, -0.15) is 0 Å². The van der Waals surface area contributed by atoms with E-state index in [1.54, 1.807) is 0 Å². The molecule has 0 atom stereocenters. The maximum Gasteiger partial charge on any atom is 0.323 e. The van der Waals surface area contributed by atoms with E-state index in [9.17, 15) is 9.59 Å². The molecule has 0 aliphatic rings. The van der Waals surface area contributed by atoms with Crippen LogP contribution in [0.2, 0.25) is 0 Å². The number of amides is 1. The molecular weight excluding hydrogens is 270 g/mol. The molecule has 1 rings (SSSR count). The van der Waals surface area contributed by atoms with Gasteiger partial charge in [-0.1, -0.05) is 43.7 Å². The van der Waals surface area contributed by atoms with Crippen LogP contribution in [0.4, 0.5) is 0 Å². The van der Waals surface area contributed by atoms with Gasteiger partial charge in [0.15, 0.2) is 0 Å². The molecule has 116 valence electrons. The highest BCUT2D eigenvalue weighted by Crippen LogP contribution is 2.02. The lowest BCUT2D eigenvalue weighted by Gasteiger charge is -2.20. The molecule has 0 fully saturated rings. The maximum atomic E-state index is 12.0. The first kappa shape index (κ1) is 17.2. The van der Waals surface area contributed by atoms with Crippen LogP contribution in [0.25, 0.3) is 0 Å². The lowest BCUT2D eigenvalue weighted by Crippen LogP contribution is -2.39. The lowest BCUT2D eigenvalue weighted by molar-refractivity contribution is -0.146. The fraction of sp³-hybridized carbons (Fsp3) is 0.500. The third-order valence-electron chi connectivity index (χ3n) is 3.06. The van der Waals surface area contributed by atoms with Gasteiger partial charge >= 0.3 is 5.97 Å². The van der Waals surface area contributed by atoms with Crippen molar-refractivity contribution in [3.63, 3.8) is 0 Å². The van der Waals surface area contributed by atoms with Crippen LogP contribution in [0.15, 0.2) is 30.3 Å². The number of hydrogen-bond acceptors (Lipinski definition) is 3. The van der Waals surface area contributed by atoms with Crippen molar-refractivity contribution in [2.24, 2.45) is 0 Å². The van der Waals surface area contributed by atoms with Gasteiger partial charge in [0.05, 0.1) is 0 Å². The Hall–Kier alpha value is -1.88. The van der Waals surface area contributed by atoms with Gasteiger partial charge in [0, 0.05) is 13.2 Å². The molecular formula is C16H23NO4. The number of nitrogens with zero attached hydrogens (tertiary/aromatic N) is 1. The van der Waals surface area contributed by atoms with Crippen LogP contribution in [0.1, 0.15) is 25.3 Å². The molecule has 0 spiro atoms. The zero-order valence-corrected chi connectivity index (χ0v) is 12.5. The highest BCUT2D eigenvalue weighted by atomic mass is 16.5. The van der Waals surface area contributed by atoms with Gasteiger partial charge in [-0.3, -0.25) is 9.59 Å². The van der Waals surface area contributed by atoms with Crippen LogP contribution in [0.5, 0.6) is 0 Å². The topological polar surface area (TPSA) is 66.8 Å². The number of carboxylic acid groups (broad SMARTS) is 1. The van der Waals surface area contributed by atoms with E-state index in [-0.39, 0.29) is 19.1 Å². The second-order valence-corrected chi connectivity index (χ2v) is 4.85. The first-order valence-corrected chi connectivity index (χ1v) is 7.24. The zero-order chi connectivity index (χ0) is 15.5. The molecule has 0 aliphatic heterocycles. The predicted molar refractivity (Wildman–Crippen MR) is 80.1 cm³/mol. The van der Waals surface area contributed by atoms with E-state index < -0.39 is 5.97 Å². The standard InChI is InChI=1S/C16H23NO4/c1-2-3-11-21-13-15(18)17(12-16(19)20)10-9-14-7-5-4-6-8-14/h4-8H,2-3,9-13H2,1H3,(H,19,20). The van der Waals surface area contributed by atoms with Crippen molar-refractivity contribution in [1.82, 2.24) is 4.90 Å². The minimum absolute atomic E-state index is 0.0535. The fourth-order valence-electron chi connectivity index (χ4n) is 1.86. The number of carboxylic acids is 1. The third kappa shape index (κ3) is 7.46. The van der Waals surface area contributed by atoms with E-state index in [0.29, 0.717) is 19.6 Å². The van der Waals surface area contributed by atoms with E-state index in [2.05, 4.69) is 0 Å². The molecule has 5 heteroatoms. The van der Waals surface area contributed by atoms with Crippen molar-refractivity contribution in [2.45, 2.75) is 26.2 Å². The third-order valence-corrected chi connectivity index (χ3v) is 3.06. The number of benzene rings is 1. The number of carbonyl (C=O) groups excluding carboxylic acids is 1. The number of unbranched alkanes of at least 4 members (excludes halogenated alkanes) is 1. The number of rotatable bonds is 10. The molecule has 1 N–H and O–H groups in total. The highest BCUT2D eigenvalue weighted by molar-refractivity contribution is 5.82. The van der Waals surface area contributed by atoms with E-state index in [1.165, 1.54) is 4.90 Å². The van der Waals surface area contributed by atoms with Gasteiger partial charge in [-0.25, -0.2) is 0 Å².